The van der Waals surface area contributed by atoms with Crippen molar-refractivity contribution in [2.24, 2.45) is 5.10 Å². The number of benzene rings is 2. The SMILES string of the molecule is C/C(=N\NC(=O)[C@@H](C)n1nnc2ccccc21)c1ccc(Br)cc1. The van der Waals surface area contributed by atoms with Crippen molar-refractivity contribution < 1.29 is 4.79 Å². The lowest BCUT2D eigenvalue weighted by Crippen LogP contribution is -2.28. The van der Waals surface area contributed by atoms with E-state index in [9.17, 15) is 4.79 Å². The number of amides is 1. The van der Waals surface area contributed by atoms with Gasteiger partial charge in [0.15, 0.2) is 0 Å². The number of hydrogen-bond donors (Lipinski definition) is 1. The predicted octanol–water partition coefficient (Wildman–Crippen LogP) is 3.30. The third-order valence-corrected chi connectivity index (χ3v) is 4.25. The topological polar surface area (TPSA) is 72.2 Å². The molecule has 1 aromatic heterocycles. The lowest BCUT2D eigenvalue weighted by Gasteiger charge is -2.11. The van der Waals surface area contributed by atoms with E-state index in [1.807, 2.05) is 55.5 Å². The zero-order chi connectivity index (χ0) is 17.1. The van der Waals surface area contributed by atoms with Gasteiger partial charge in [-0.2, -0.15) is 5.10 Å². The van der Waals surface area contributed by atoms with E-state index in [4.69, 9.17) is 0 Å². The van der Waals surface area contributed by atoms with Gasteiger partial charge in [-0.3, -0.25) is 4.79 Å². The van der Waals surface area contributed by atoms with Crippen molar-refractivity contribution in [2.45, 2.75) is 19.9 Å². The Kier molecular flexibility index (Phi) is 4.71. The van der Waals surface area contributed by atoms with E-state index in [1.54, 1.807) is 11.6 Å². The van der Waals surface area contributed by atoms with Gasteiger partial charge in [-0.15, -0.1) is 5.10 Å². The molecule has 1 amide bonds. The summed E-state index contributed by atoms with van der Waals surface area (Å²) in [5.74, 6) is -0.248. The van der Waals surface area contributed by atoms with Crippen LogP contribution in [0.15, 0.2) is 58.1 Å². The minimum Gasteiger partial charge on any atom is -0.271 e. The fraction of sp³-hybridized carbons (Fsp3) is 0.176. The van der Waals surface area contributed by atoms with Gasteiger partial charge in [-0.1, -0.05) is 45.4 Å². The molecule has 122 valence electrons. The molecular formula is C17H16BrN5O. The monoisotopic (exact) mass is 385 g/mol. The summed E-state index contributed by atoms with van der Waals surface area (Å²) >= 11 is 3.39. The van der Waals surface area contributed by atoms with Gasteiger partial charge in [0.25, 0.3) is 5.91 Å². The van der Waals surface area contributed by atoms with Crippen LogP contribution in [0, 0.1) is 0 Å². The molecule has 0 aliphatic heterocycles. The van der Waals surface area contributed by atoms with E-state index in [1.165, 1.54) is 0 Å². The number of carbonyl (C=O) groups excluding carboxylic acids is 1. The fourth-order valence-corrected chi connectivity index (χ4v) is 2.54. The summed E-state index contributed by atoms with van der Waals surface area (Å²) < 4.78 is 2.59. The number of fused-ring (bicyclic) bond motifs is 1. The zero-order valence-corrected chi connectivity index (χ0v) is 14.9. The molecular weight excluding hydrogens is 370 g/mol. The second-order valence-electron chi connectivity index (χ2n) is 5.38. The number of carbonyl (C=O) groups is 1. The van der Waals surface area contributed by atoms with Gasteiger partial charge in [0, 0.05) is 4.47 Å². The molecule has 0 saturated heterocycles. The van der Waals surface area contributed by atoms with Crippen molar-refractivity contribution >= 4 is 38.6 Å². The summed E-state index contributed by atoms with van der Waals surface area (Å²) in [5.41, 5.74) is 5.84. The highest BCUT2D eigenvalue weighted by molar-refractivity contribution is 9.10. The van der Waals surface area contributed by atoms with Crippen LogP contribution in [0.2, 0.25) is 0 Å². The number of nitrogens with one attached hydrogen (secondary N) is 1. The molecule has 3 rings (SSSR count). The third kappa shape index (κ3) is 3.35. The Morgan fingerprint density at radius 2 is 1.92 bits per heavy atom. The molecule has 1 atom stereocenters. The van der Waals surface area contributed by atoms with Crippen LogP contribution in [-0.2, 0) is 4.79 Å². The highest BCUT2D eigenvalue weighted by atomic mass is 79.9. The Labute approximate surface area is 147 Å². The van der Waals surface area contributed by atoms with E-state index >= 15 is 0 Å². The van der Waals surface area contributed by atoms with Gasteiger partial charge in [0.1, 0.15) is 11.6 Å². The summed E-state index contributed by atoms with van der Waals surface area (Å²) in [6.45, 7) is 3.61. The second kappa shape index (κ2) is 6.92. The van der Waals surface area contributed by atoms with Gasteiger partial charge in [0.2, 0.25) is 0 Å². The molecule has 0 aliphatic rings. The molecule has 0 aliphatic carbocycles. The van der Waals surface area contributed by atoms with Gasteiger partial charge < -0.3 is 0 Å². The Bertz CT molecular complexity index is 901. The summed E-state index contributed by atoms with van der Waals surface area (Å²) in [4.78, 5) is 12.4. The molecule has 0 fully saturated rings. The molecule has 0 unspecified atom stereocenters. The highest BCUT2D eigenvalue weighted by Crippen LogP contribution is 2.15. The molecule has 24 heavy (non-hydrogen) atoms. The number of aromatic nitrogens is 3. The maximum Gasteiger partial charge on any atom is 0.264 e. The molecule has 3 aromatic rings. The van der Waals surface area contributed by atoms with Crippen molar-refractivity contribution in [2.75, 3.05) is 0 Å². The van der Waals surface area contributed by atoms with Crippen LogP contribution in [0.3, 0.4) is 0 Å². The first-order valence-electron chi connectivity index (χ1n) is 7.46. The molecule has 0 radical (unpaired) electrons. The molecule has 0 bridgehead atoms. The van der Waals surface area contributed by atoms with Crippen LogP contribution >= 0.6 is 15.9 Å². The molecule has 1 heterocycles. The smallest absolute Gasteiger partial charge is 0.264 e. The lowest BCUT2D eigenvalue weighted by molar-refractivity contribution is -0.124. The minimum absolute atomic E-state index is 0.248. The number of hydrogen-bond acceptors (Lipinski definition) is 4. The first-order valence-corrected chi connectivity index (χ1v) is 8.25. The Morgan fingerprint density at radius 3 is 2.67 bits per heavy atom. The van der Waals surface area contributed by atoms with Crippen molar-refractivity contribution in [3.8, 4) is 0 Å². The largest absolute Gasteiger partial charge is 0.271 e. The van der Waals surface area contributed by atoms with Gasteiger partial charge in [0.05, 0.1) is 11.2 Å². The fourth-order valence-electron chi connectivity index (χ4n) is 2.27. The van der Waals surface area contributed by atoms with Crippen molar-refractivity contribution in [3.05, 3.63) is 58.6 Å². The quantitative estimate of drug-likeness (QED) is 0.553. The van der Waals surface area contributed by atoms with Gasteiger partial charge in [-0.05, 0) is 43.7 Å². The van der Waals surface area contributed by atoms with E-state index < -0.39 is 6.04 Å². The minimum atomic E-state index is -0.515. The third-order valence-electron chi connectivity index (χ3n) is 3.72. The maximum atomic E-state index is 12.4. The second-order valence-corrected chi connectivity index (χ2v) is 6.29. The molecule has 7 heteroatoms. The Morgan fingerprint density at radius 1 is 1.21 bits per heavy atom. The average molecular weight is 386 g/mol. The van der Waals surface area contributed by atoms with Crippen molar-refractivity contribution in [1.82, 2.24) is 20.4 Å². The Balaban J connectivity index is 1.74. The van der Waals surface area contributed by atoms with E-state index in [2.05, 4.69) is 36.8 Å². The average Bonchev–Trinajstić information content (AvgIpc) is 3.03. The van der Waals surface area contributed by atoms with E-state index in [0.29, 0.717) is 0 Å². The van der Waals surface area contributed by atoms with Crippen LogP contribution in [-0.4, -0.2) is 26.6 Å². The van der Waals surface area contributed by atoms with Crippen LogP contribution in [0.1, 0.15) is 25.5 Å². The summed E-state index contributed by atoms with van der Waals surface area (Å²) in [7, 11) is 0. The summed E-state index contributed by atoms with van der Waals surface area (Å²) in [5, 5.41) is 12.3. The molecule has 6 nitrogen and oxygen atoms in total. The zero-order valence-electron chi connectivity index (χ0n) is 13.3. The molecule has 0 spiro atoms. The first-order chi connectivity index (χ1) is 11.6. The number of para-hydroxylation sites is 1. The number of nitrogens with zero attached hydrogens (tertiary/aromatic N) is 4. The molecule has 2 aromatic carbocycles. The van der Waals surface area contributed by atoms with Gasteiger partial charge >= 0.3 is 0 Å². The normalized spacial score (nSPS) is 13.0. The van der Waals surface area contributed by atoms with Crippen LogP contribution in [0.4, 0.5) is 0 Å². The van der Waals surface area contributed by atoms with Crippen LogP contribution < -0.4 is 5.43 Å². The van der Waals surface area contributed by atoms with Crippen molar-refractivity contribution in [3.63, 3.8) is 0 Å². The Hall–Kier alpha value is -2.54. The van der Waals surface area contributed by atoms with Crippen molar-refractivity contribution in [1.29, 1.82) is 0 Å². The highest BCUT2D eigenvalue weighted by Gasteiger charge is 2.18. The maximum absolute atomic E-state index is 12.4. The number of rotatable bonds is 4. The number of halogens is 1. The standard InChI is InChI=1S/C17H16BrN5O/c1-11(13-7-9-14(18)10-8-13)19-21-17(24)12(2)23-16-6-4-3-5-15(16)20-22-23/h3-10,12H,1-2H3,(H,21,24)/b19-11+/t12-/m1/s1. The lowest BCUT2D eigenvalue weighted by atomic mass is 10.1. The van der Waals surface area contributed by atoms with E-state index in [-0.39, 0.29) is 5.91 Å². The van der Waals surface area contributed by atoms with E-state index in [0.717, 1.165) is 26.8 Å². The predicted molar refractivity (Wildman–Crippen MR) is 96.7 cm³/mol. The molecule has 0 saturated carbocycles. The molecule has 1 N–H and O–H groups in total. The van der Waals surface area contributed by atoms with Crippen LogP contribution in [0.5, 0.6) is 0 Å². The summed E-state index contributed by atoms with van der Waals surface area (Å²) in [6.07, 6.45) is 0. The van der Waals surface area contributed by atoms with Crippen LogP contribution in [0.25, 0.3) is 11.0 Å². The number of hydrazone groups is 1. The summed E-state index contributed by atoms with van der Waals surface area (Å²) in [6, 6.07) is 14.7. The van der Waals surface area contributed by atoms with Gasteiger partial charge in [-0.25, -0.2) is 10.1 Å². The first kappa shape index (κ1) is 16.3.